The van der Waals surface area contributed by atoms with Gasteiger partial charge in [-0.3, -0.25) is 0 Å². The Bertz CT molecular complexity index is 179. The van der Waals surface area contributed by atoms with Crippen molar-refractivity contribution in [3.8, 4) is 12.3 Å². The fourth-order valence-corrected chi connectivity index (χ4v) is 0.477. The Morgan fingerprint density at radius 1 is 1.73 bits per heavy atom. The summed E-state index contributed by atoms with van der Waals surface area (Å²) in [5.41, 5.74) is 0. The fraction of sp³-hybridized carbons (Fsp3) is 0.500. The highest BCUT2D eigenvalue weighted by atomic mass is 19.3. The van der Waals surface area contributed by atoms with Crippen LogP contribution in [0.25, 0.3) is 0 Å². The van der Waals surface area contributed by atoms with Crippen molar-refractivity contribution in [3.63, 3.8) is 0 Å². The van der Waals surface area contributed by atoms with Crippen LogP contribution >= 0.6 is 0 Å². The van der Waals surface area contributed by atoms with E-state index in [-0.39, 0.29) is 0 Å². The van der Waals surface area contributed by atoms with E-state index >= 15 is 0 Å². The molecule has 0 spiro atoms. The minimum absolute atomic E-state index is 0.493. The topological polar surface area (TPSA) is 20.2 Å². The van der Waals surface area contributed by atoms with Gasteiger partial charge in [0, 0.05) is 0 Å². The Kier molecular flexibility index (Phi) is 3.77. The molecule has 0 rings (SSSR count). The second-order valence-electron chi connectivity index (χ2n) is 2.05. The number of hydrogen-bond donors (Lipinski definition) is 1. The van der Waals surface area contributed by atoms with Gasteiger partial charge in [-0.25, -0.2) is 0 Å². The summed E-state index contributed by atoms with van der Waals surface area (Å²) in [6, 6.07) is 0. The highest BCUT2D eigenvalue weighted by molar-refractivity contribution is 5.09. The molecule has 3 heteroatoms. The van der Waals surface area contributed by atoms with Crippen LogP contribution in [0.3, 0.4) is 0 Å². The fourth-order valence-electron chi connectivity index (χ4n) is 0.477. The molecule has 0 aliphatic rings. The SMILES string of the molecule is C#CC(O)C(F)(F)C=CCC. The van der Waals surface area contributed by atoms with Gasteiger partial charge in [-0.05, 0) is 12.5 Å². The highest BCUT2D eigenvalue weighted by Crippen LogP contribution is 2.19. The van der Waals surface area contributed by atoms with Gasteiger partial charge in [0.1, 0.15) is 0 Å². The van der Waals surface area contributed by atoms with Crippen LogP contribution in [-0.4, -0.2) is 17.1 Å². The van der Waals surface area contributed by atoms with E-state index in [9.17, 15) is 8.78 Å². The van der Waals surface area contributed by atoms with Gasteiger partial charge in [-0.15, -0.1) is 6.42 Å². The number of terminal acetylenes is 1. The first kappa shape index (κ1) is 10.1. The van der Waals surface area contributed by atoms with Gasteiger partial charge in [0.2, 0.25) is 0 Å². The van der Waals surface area contributed by atoms with Crippen molar-refractivity contribution in [3.05, 3.63) is 12.2 Å². The number of rotatable bonds is 3. The lowest BCUT2D eigenvalue weighted by Crippen LogP contribution is -2.29. The lowest BCUT2D eigenvalue weighted by molar-refractivity contribution is -0.0403. The van der Waals surface area contributed by atoms with Crippen molar-refractivity contribution in [2.75, 3.05) is 0 Å². The maximum absolute atomic E-state index is 12.5. The third-order valence-corrected chi connectivity index (χ3v) is 1.10. The summed E-state index contributed by atoms with van der Waals surface area (Å²) in [6.45, 7) is 1.72. The summed E-state index contributed by atoms with van der Waals surface area (Å²) >= 11 is 0. The molecule has 0 saturated heterocycles. The Morgan fingerprint density at radius 2 is 2.27 bits per heavy atom. The molecule has 1 unspecified atom stereocenters. The van der Waals surface area contributed by atoms with Gasteiger partial charge < -0.3 is 5.11 Å². The molecule has 0 bridgehead atoms. The number of alkyl halides is 2. The number of aliphatic hydroxyl groups is 1. The molecule has 0 aromatic rings. The van der Waals surface area contributed by atoms with Crippen molar-refractivity contribution < 1.29 is 13.9 Å². The first-order valence-electron chi connectivity index (χ1n) is 3.24. The van der Waals surface area contributed by atoms with Gasteiger partial charge in [-0.1, -0.05) is 18.9 Å². The summed E-state index contributed by atoms with van der Waals surface area (Å²) in [6.07, 6.45) is 4.97. The summed E-state index contributed by atoms with van der Waals surface area (Å²) in [4.78, 5) is 0. The van der Waals surface area contributed by atoms with E-state index in [1.54, 1.807) is 12.8 Å². The Balaban J connectivity index is 4.23. The van der Waals surface area contributed by atoms with E-state index in [4.69, 9.17) is 5.11 Å². The third-order valence-electron chi connectivity index (χ3n) is 1.10. The zero-order valence-corrected chi connectivity index (χ0v) is 6.22. The Labute approximate surface area is 64.7 Å². The van der Waals surface area contributed by atoms with Crippen LogP contribution in [0.4, 0.5) is 8.78 Å². The summed E-state index contributed by atoms with van der Waals surface area (Å²) in [7, 11) is 0. The molecule has 0 aromatic heterocycles. The molecule has 0 radical (unpaired) electrons. The molecule has 1 nitrogen and oxygen atoms in total. The molecule has 0 fully saturated rings. The molecular formula is C8H10F2O. The van der Waals surface area contributed by atoms with E-state index in [1.165, 1.54) is 6.08 Å². The van der Waals surface area contributed by atoms with Gasteiger partial charge in [0.15, 0.2) is 6.10 Å². The summed E-state index contributed by atoms with van der Waals surface area (Å²) < 4.78 is 25.1. The van der Waals surface area contributed by atoms with Crippen LogP contribution in [-0.2, 0) is 0 Å². The molecule has 0 heterocycles. The minimum atomic E-state index is -3.30. The lowest BCUT2D eigenvalue weighted by Gasteiger charge is -2.13. The smallest absolute Gasteiger partial charge is 0.302 e. The number of halogens is 2. The van der Waals surface area contributed by atoms with Gasteiger partial charge in [0.25, 0.3) is 0 Å². The Morgan fingerprint density at radius 3 is 2.64 bits per heavy atom. The first-order chi connectivity index (χ1) is 5.04. The third kappa shape index (κ3) is 3.15. The van der Waals surface area contributed by atoms with E-state index in [0.29, 0.717) is 12.5 Å². The molecule has 11 heavy (non-hydrogen) atoms. The molecule has 0 aliphatic carbocycles. The summed E-state index contributed by atoms with van der Waals surface area (Å²) in [5.74, 6) is -1.73. The first-order valence-corrected chi connectivity index (χ1v) is 3.24. The quantitative estimate of drug-likeness (QED) is 0.491. The van der Waals surface area contributed by atoms with Gasteiger partial charge >= 0.3 is 5.92 Å². The molecular weight excluding hydrogens is 150 g/mol. The maximum atomic E-state index is 12.5. The lowest BCUT2D eigenvalue weighted by atomic mass is 10.2. The minimum Gasteiger partial charge on any atom is -0.374 e. The number of aliphatic hydroxyl groups excluding tert-OH is 1. The van der Waals surface area contributed by atoms with Crippen LogP contribution in [0.2, 0.25) is 0 Å². The standard InChI is InChI=1S/C8H10F2O/c1-3-5-6-8(9,10)7(11)4-2/h2,5-7,11H,3H2,1H3. The maximum Gasteiger partial charge on any atom is 0.302 e. The predicted molar refractivity (Wildman–Crippen MR) is 39.2 cm³/mol. The second kappa shape index (κ2) is 4.09. The average Bonchev–Trinajstić information content (AvgIpc) is 1.99. The Hall–Kier alpha value is -0.880. The van der Waals surface area contributed by atoms with Gasteiger partial charge in [-0.2, -0.15) is 8.78 Å². The van der Waals surface area contributed by atoms with Crippen molar-refractivity contribution in [1.82, 2.24) is 0 Å². The molecule has 0 saturated carbocycles. The van der Waals surface area contributed by atoms with Gasteiger partial charge in [0.05, 0.1) is 0 Å². The highest BCUT2D eigenvalue weighted by Gasteiger charge is 2.33. The normalized spacial score (nSPS) is 14.8. The molecule has 0 aromatic carbocycles. The van der Waals surface area contributed by atoms with E-state index < -0.39 is 12.0 Å². The van der Waals surface area contributed by atoms with Crippen LogP contribution < -0.4 is 0 Å². The van der Waals surface area contributed by atoms with Crippen molar-refractivity contribution in [1.29, 1.82) is 0 Å². The molecule has 1 atom stereocenters. The van der Waals surface area contributed by atoms with E-state index in [1.807, 2.05) is 0 Å². The van der Waals surface area contributed by atoms with Crippen molar-refractivity contribution in [2.45, 2.75) is 25.4 Å². The number of allylic oxidation sites excluding steroid dienone is 1. The largest absolute Gasteiger partial charge is 0.374 e. The molecule has 1 N–H and O–H groups in total. The van der Waals surface area contributed by atoms with Crippen LogP contribution in [0, 0.1) is 12.3 Å². The van der Waals surface area contributed by atoms with Crippen LogP contribution in [0.15, 0.2) is 12.2 Å². The van der Waals surface area contributed by atoms with E-state index in [0.717, 1.165) is 0 Å². The van der Waals surface area contributed by atoms with Crippen molar-refractivity contribution in [2.24, 2.45) is 0 Å². The monoisotopic (exact) mass is 160 g/mol. The van der Waals surface area contributed by atoms with Crippen molar-refractivity contribution >= 4 is 0 Å². The number of hydrogen-bond acceptors (Lipinski definition) is 1. The zero-order valence-electron chi connectivity index (χ0n) is 6.22. The molecule has 62 valence electrons. The average molecular weight is 160 g/mol. The molecule has 0 amide bonds. The second-order valence-corrected chi connectivity index (χ2v) is 2.05. The summed E-state index contributed by atoms with van der Waals surface area (Å²) in [5, 5.41) is 8.57. The van der Waals surface area contributed by atoms with Crippen LogP contribution in [0.1, 0.15) is 13.3 Å². The van der Waals surface area contributed by atoms with Crippen LogP contribution in [0.5, 0.6) is 0 Å². The predicted octanol–water partition coefficient (Wildman–Crippen LogP) is 1.58. The zero-order chi connectivity index (χ0) is 8.91. The molecule has 0 aliphatic heterocycles. The van der Waals surface area contributed by atoms with E-state index in [2.05, 4.69) is 6.42 Å².